The Kier molecular flexibility index (Phi) is 3.03. The van der Waals surface area contributed by atoms with Crippen molar-refractivity contribution in [2.45, 2.75) is 26.8 Å². The topological polar surface area (TPSA) is 39.2 Å². The number of furan rings is 1. The lowest BCUT2D eigenvalue weighted by Crippen LogP contribution is -2.25. The van der Waals surface area contributed by atoms with Crippen LogP contribution < -0.4 is 5.73 Å². The summed E-state index contributed by atoms with van der Waals surface area (Å²) in [6, 6.07) is 11.8. The summed E-state index contributed by atoms with van der Waals surface area (Å²) >= 11 is 6.34. The predicted molar refractivity (Wildman–Crippen MR) is 85.1 cm³/mol. The summed E-state index contributed by atoms with van der Waals surface area (Å²) in [4.78, 5) is 0. The highest BCUT2D eigenvalue weighted by Crippen LogP contribution is 2.38. The monoisotopic (exact) mass is 287 g/mol. The number of hydrogen-bond donors (Lipinski definition) is 1. The molecule has 0 aliphatic rings. The summed E-state index contributed by atoms with van der Waals surface area (Å²) in [5.74, 6) is 0.805. The molecule has 3 rings (SSSR count). The Labute approximate surface area is 123 Å². The molecule has 0 saturated heterocycles. The van der Waals surface area contributed by atoms with Gasteiger partial charge in [0.1, 0.15) is 11.3 Å². The standard InChI is InChI=1S/C17H18ClNO/c1-17(2,3)16(19)14-9-10-8-13(18)11-6-4-5-7-12(11)15(10)20-14/h4-9,16H,19H2,1-3H3. The fourth-order valence-corrected chi connectivity index (χ4v) is 2.71. The number of rotatable bonds is 1. The molecule has 1 atom stereocenters. The molecule has 2 nitrogen and oxygen atoms in total. The van der Waals surface area contributed by atoms with E-state index in [4.69, 9.17) is 21.8 Å². The van der Waals surface area contributed by atoms with Crippen molar-refractivity contribution in [2.24, 2.45) is 11.1 Å². The van der Waals surface area contributed by atoms with Crippen molar-refractivity contribution >= 4 is 33.3 Å². The molecule has 0 fully saturated rings. The van der Waals surface area contributed by atoms with Gasteiger partial charge in [-0.25, -0.2) is 0 Å². The van der Waals surface area contributed by atoms with Crippen molar-refractivity contribution in [3.8, 4) is 0 Å². The van der Waals surface area contributed by atoms with Gasteiger partial charge < -0.3 is 10.2 Å². The molecule has 0 amide bonds. The van der Waals surface area contributed by atoms with Gasteiger partial charge >= 0.3 is 0 Å². The van der Waals surface area contributed by atoms with Gasteiger partial charge in [0.25, 0.3) is 0 Å². The average Bonchev–Trinajstić information content (AvgIpc) is 2.81. The van der Waals surface area contributed by atoms with Crippen LogP contribution in [0.2, 0.25) is 5.02 Å². The van der Waals surface area contributed by atoms with Crippen molar-refractivity contribution in [1.82, 2.24) is 0 Å². The summed E-state index contributed by atoms with van der Waals surface area (Å²) in [5.41, 5.74) is 7.10. The SMILES string of the molecule is CC(C)(C)C(N)c1cc2cc(Cl)c3ccccc3c2o1. The Balaban J connectivity index is 2.29. The lowest BCUT2D eigenvalue weighted by Gasteiger charge is -2.24. The van der Waals surface area contributed by atoms with Gasteiger partial charge in [-0.2, -0.15) is 0 Å². The van der Waals surface area contributed by atoms with E-state index in [1.165, 1.54) is 0 Å². The minimum absolute atomic E-state index is 0.0481. The minimum Gasteiger partial charge on any atom is -0.459 e. The Morgan fingerprint density at radius 2 is 1.75 bits per heavy atom. The maximum absolute atomic E-state index is 6.34. The highest BCUT2D eigenvalue weighted by atomic mass is 35.5. The zero-order valence-corrected chi connectivity index (χ0v) is 12.7. The third-order valence-corrected chi connectivity index (χ3v) is 4.04. The van der Waals surface area contributed by atoms with Crippen LogP contribution in [0.15, 0.2) is 40.8 Å². The number of halogens is 1. The molecule has 2 aromatic carbocycles. The first kappa shape index (κ1) is 13.5. The van der Waals surface area contributed by atoms with Crippen LogP contribution in [0.25, 0.3) is 21.7 Å². The van der Waals surface area contributed by atoms with Crippen LogP contribution in [0, 0.1) is 5.41 Å². The normalized spacial score (nSPS) is 14.1. The third kappa shape index (κ3) is 2.09. The van der Waals surface area contributed by atoms with Gasteiger partial charge in [0.05, 0.1) is 6.04 Å². The first-order chi connectivity index (χ1) is 9.38. The Bertz CT molecular complexity index is 783. The van der Waals surface area contributed by atoms with Crippen molar-refractivity contribution in [1.29, 1.82) is 0 Å². The second-order valence-electron chi connectivity index (χ2n) is 6.31. The number of hydrogen-bond acceptors (Lipinski definition) is 2. The van der Waals surface area contributed by atoms with Crippen LogP contribution in [-0.2, 0) is 0 Å². The predicted octanol–water partition coefficient (Wildman–Crippen LogP) is 5.29. The van der Waals surface area contributed by atoms with E-state index in [9.17, 15) is 0 Å². The van der Waals surface area contributed by atoms with Crippen molar-refractivity contribution in [2.75, 3.05) is 0 Å². The maximum Gasteiger partial charge on any atom is 0.142 e. The highest BCUT2D eigenvalue weighted by Gasteiger charge is 2.26. The Hall–Kier alpha value is -1.51. The third-order valence-electron chi connectivity index (χ3n) is 3.73. The maximum atomic E-state index is 6.34. The number of benzene rings is 2. The molecule has 0 aliphatic heterocycles. The van der Waals surface area contributed by atoms with E-state index in [0.29, 0.717) is 0 Å². The van der Waals surface area contributed by atoms with Crippen LogP contribution in [0.1, 0.15) is 32.6 Å². The van der Waals surface area contributed by atoms with E-state index >= 15 is 0 Å². The van der Waals surface area contributed by atoms with Gasteiger partial charge in [0, 0.05) is 21.2 Å². The lowest BCUT2D eigenvalue weighted by molar-refractivity contribution is 0.290. The van der Waals surface area contributed by atoms with Crippen LogP contribution in [0.5, 0.6) is 0 Å². The first-order valence-corrected chi connectivity index (χ1v) is 7.12. The summed E-state index contributed by atoms with van der Waals surface area (Å²) in [5, 5.41) is 3.78. The van der Waals surface area contributed by atoms with E-state index in [1.54, 1.807) is 0 Å². The molecule has 2 N–H and O–H groups in total. The molecule has 20 heavy (non-hydrogen) atoms. The van der Waals surface area contributed by atoms with Crippen LogP contribution in [-0.4, -0.2) is 0 Å². The summed E-state index contributed by atoms with van der Waals surface area (Å²) in [6.07, 6.45) is 0. The van der Waals surface area contributed by atoms with E-state index in [2.05, 4.69) is 20.8 Å². The van der Waals surface area contributed by atoms with Gasteiger partial charge in [-0.05, 0) is 17.5 Å². The summed E-state index contributed by atoms with van der Waals surface area (Å²) in [6.45, 7) is 6.32. The largest absolute Gasteiger partial charge is 0.459 e. The second kappa shape index (κ2) is 4.51. The molecule has 0 bridgehead atoms. The van der Waals surface area contributed by atoms with Gasteiger partial charge in [-0.3, -0.25) is 0 Å². The molecule has 1 unspecified atom stereocenters. The van der Waals surface area contributed by atoms with Crippen LogP contribution in [0.3, 0.4) is 0 Å². The van der Waals surface area contributed by atoms with E-state index in [0.717, 1.165) is 32.5 Å². The van der Waals surface area contributed by atoms with Crippen LogP contribution in [0.4, 0.5) is 0 Å². The van der Waals surface area contributed by atoms with E-state index in [1.807, 2.05) is 36.4 Å². The fourth-order valence-electron chi connectivity index (χ4n) is 2.43. The molecule has 0 aliphatic carbocycles. The molecule has 104 valence electrons. The Morgan fingerprint density at radius 3 is 2.40 bits per heavy atom. The van der Waals surface area contributed by atoms with E-state index < -0.39 is 0 Å². The quantitative estimate of drug-likeness (QED) is 0.661. The lowest BCUT2D eigenvalue weighted by atomic mass is 9.86. The molecule has 3 heteroatoms. The summed E-state index contributed by atoms with van der Waals surface area (Å²) < 4.78 is 6.04. The molecule has 0 spiro atoms. The van der Waals surface area contributed by atoms with Gasteiger partial charge in [0.2, 0.25) is 0 Å². The van der Waals surface area contributed by atoms with Gasteiger partial charge in [-0.1, -0.05) is 56.6 Å². The smallest absolute Gasteiger partial charge is 0.142 e. The van der Waals surface area contributed by atoms with Crippen molar-refractivity contribution in [3.05, 3.63) is 47.2 Å². The van der Waals surface area contributed by atoms with Crippen LogP contribution >= 0.6 is 11.6 Å². The molecular formula is C17H18ClNO. The molecular weight excluding hydrogens is 270 g/mol. The zero-order chi connectivity index (χ0) is 14.5. The minimum atomic E-state index is -0.146. The molecule has 0 radical (unpaired) electrons. The first-order valence-electron chi connectivity index (χ1n) is 6.74. The summed E-state index contributed by atoms with van der Waals surface area (Å²) in [7, 11) is 0. The fraction of sp³-hybridized carbons (Fsp3) is 0.294. The van der Waals surface area contributed by atoms with E-state index in [-0.39, 0.29) is 11.5 Å². The Morgan fingerprint density at radius 1 is 1.10 bits per heavy atom. The zero-order valence-electron chi connectivity index (χ0n) is 11.9. The molecule has 3 aromatic rings. The number of nitrogens with two attached hydrogens (primary N) is 1. The van der Waals surface area contributed by atoms with Gasteiger partial charge in [0.15, 0.2) is 0 Å². The van der Waals surface area contributed by atoms with Crippen molar-refractivity contribution in [3.63, 3.8) is 0 Å². The molecule has 0 saturated carbocycles. The molecule has 1 aromatic heterocycles. The van der Waals surface area contributed by atoms with Gasteiger partial charge in [-0.15, -0.1) is 0 Å². The molecule has 1 heterocycles. The van der Waals surface area contributed by atoms with Crippen molar-refractivity contribution < 1.29 is 4.42 Å². The highest BCUT2D eigenvalue weighted by molar-refractivity contribution is 6.37. The average molecular weight is 288 g/mol. The number of fused-ring (bicyclic) bond motifs is 3. The second-order valence-corrected chi connectivity index (χ2v) is 6.72.